The zero-order chi connectivity index (χ0) is 21.7. The predicted octanol–water partition coefficient (Wildman–Crippen LogP) is 4.15. The van der Waals surface area contributed by atoms with Crippen LogP contribution < -0.4 is 5.32 Å². The lowest BCUT2D eigenvalue weighted by atomic mass is 9.88. The second kappa shape index (κ2) is 9.89. The van der Waals surface area contributed by atoms with Gasteiger partial charge in [-0.1, -0.05) is 6.92 Å². The number of amides is 2. The zero-order valence-corrected chi connectivity index (χ0v) is 18.5. The standard InChI is InChI=1S/C23H28N2O4S/c1-4-25(5-2)22(27)16-7-9-17(10-8-16)24-21(26)13-29-23(28)19-14-30-20-12-15(3)6-11-18(19)20/h7-10,14-15H,4-6,11-13H2,1-3H3,(H,24,26). The van der Waals surface area contributed by atoms with E-state index in [0.29, 0.717) is 35.8 Å². The van der Waals surface area contributed by atoms with Crippen LogP contribution in [0.1, 0.15) is 58.3 Å². The first kappa shape index (κ1) is 22.0. The molecule has 2 amide bonds. The number of benzene rings is 1. The van der Waals surface area contributed by atoms with Crippen LogP contribution in [0.2, 0.25) is 0 Å². The van der Waals surface area contributed by atoms with Crippen molar-refractivity contribution in [3.05, 3.63) is 51.2 Å². The maximum Gasteiger partial charge on any atom is 0.339 e. The van der Waals surface area contributed by atoms with Gasteiger partial charge in [-0.25, -0.2) is 4.79 Å². The second-order valence-corrected chi connectivity index (χ2v) is 8.54. The summed E-state index contributed by atoms with van der Waals surface area (Å²) >= 11 is 1.60. The van der Waals surface area contributed by atoms with Gasteiger partial charge in [-0.05, 0) is 68.9 Å². The Morgan fingerprint density at radius 3 is 2.53 bits per heavy atom. The number of esters is 1. The molecule has 0 saturated carbocycles. The third-order valence-electron chi connectivity index (χ3n) is 5.42. The molecule has 2 aromatic rings. The van der Waals surface area contributed by atoms with Crippen LogP contribution in [0.25, 0.3) is 0 Å². The molecular weight excluding hydrogens is 400 g/mol. The van der Waals surface area contributed by atoms with Gasteiger partial charge in [0.05, 0.1) is 5.56 Å². The van der Waals surface area contributed by atoms with Gasteiger partial charge in [-0.15, -0.1) is 11.3 Å². The molecule has 0 saturated heterocycles. The van der Waals surface area contributed by atoms with Gasteiger partial charge in [-0.3, -0.25) is 9.59 Å². The highest BCUT2D eigenvalue weighted by molar-refractivity contribution is 7.10. The molecule has 3 rings (SSSR count). The minimum atomic E-state index is -0.447. The van der Waals surface area contributed by atoms with Crippen molar-refractivity contribution >= 4 is 34.8 Å². The number of nitrogens with zero attached hydrogens (tertiary/aromatic N) is 1. The molecule has 7 heteroatoms. The summed E-state index contributed by atoms with van der Waals surface area (Å²) in [7, 11) is 0. The SMILES string of the molecule is CCN(CC)C(=O)c1ccc(NC(=O)COC(=O)c2csc3c2CCC(C)C3)cc1. The van der Waals surface area contributed by atoms with Gasteiger partial charge >= 0.3 is 5.97 Å². The maximum atomic E-state index is 12.4. The molecule has 30 heavy (non-hydrogen) atoms. The fraction of sp³-hybridized carbons (Fsp3) is 0.435. The number of hydrogen-bond donors (Lipinski definition) is 1. The van der Waals surface area contributed by atoms with Crippen LogP contribution in [-0.2, 0) is 22.4 Å². The van der Waals surface area contributed by atoms with Crippen LogP contribution >= 0.6 is 11.3 Å². The molecule has 1 aromatic heterocycles. The average molecular weight is 429 g/mol. The number of hydrogen-bond acceptors (Lipinski definition) is 5. The third kappa shape index (κ3) is 5.08. The molecule has 1 atom stereocenters. The number of nitrogens with one attached hydrogen (secondary N) is 1. The van der Waals surface area contributed by atoms with Crippen LogP contribution in [0.15, 0.2) is 29.6 Å². The van der Waals surface area contributed by atoms with Crippen molar-refractivity contribution in [3.8, 4) is 0 Å². The summed E-state index contributed by atoms with van der Waals surface area (Å²) in [5.41, 5.74) is 2.79. The van der Waals surface area contributed by atoms with Crippen LogP contribution in [-0.4, -0.2) is 42.4 Å². The molecule has 0 fully saturated rings. The van der Waals surface area contributed by atoms with E-state index in [9.17, 15) is 14.4 Å². The number of thiophene rings is 1. The number of carbonyl (C=O) groups excluding carboxylic acids is 3. The summed E-state index contributed by atoms with van der Waals surface area (Å²) in [4.78, 5) is 39.9. The van der Waals surface area contributed by atoms with Gasteiger partial charge < -0.3 is 15.0 Å². The van der Waals surface area contributed by atoms with Gasteiger partial charge in [0.15, 0.2) is 6.61 Å². The summed E-state index contributed by atoms with van der Waals surface area (Å²) in [6, 6.07) is 6.71. The minimum absolute atomic E-state index is 0.0414. The molecule has 6 nitrogen and oxygen atoms in total. The van der Waals surface area contributed by atoms with E-state index in [2.05, 4.69) is 12.2 Å². The Balaban J connectivity index is 1.52. The Morgan fingerprint density at radius 2 is 1.87 bits per heavy atom. The summed E-state index contributed by atoms with van der Waals surface area (Å²) in [6.45, 7) is 7.03. The van der Waals surface area contributed by atoms with Gasteiger partial charge in [0.1, 0.15) is 0 Å². The van der Waals surface area contributed by atoms with E-state index < -0.39 is 11.9 Å². The Labute approximate surface area is 181 Å². The fourth-order valence-electron chi connectivity index (χ4n) is 3.64. The summed E-state index contributed by atoms with van der Waals surface area (Å²) < 4.78 is 5.23. The summed E-state index contributed by atoms with van der Waals surface area (Å²) in [5, 5.41) is 4.54. The molecular formula is C23H28N2O4S. The predicted molar refractivity (Wildman–Crippen MR) is 118 cm³/mol. The second-order valence-electron chi connectivity index (χ2n) is 7.58. The van der Waals surface area contributed by atoms with Crippen molar-refractivity contribution in [3.63, 3.8) is 0 Å². The minimum Gasteiger partial charge on any atom is -0.452 e. The van der Waals surface area contributed by atoms with Gasteiger partial charge in [0, 0.05) is 34.6 Å². The monoisotopic (exact) mass is 428 g/mol. The van der Waals surface area contributed by atoms with E-state index in [1.807, 2.05) is 19.2 Å². The fourth-order valence-corrected chi connectivity index (χ4v) is 4.88. The molecule has 1 aromatic carbocycles. The lowest BCUT2D eigenvalue weighted by molar-refractivity contribution is -0.119. The number of rotatable bonds is 7. The third-order valence-corrected chi connectivity index (χ3v) is 6.47. The highest BCUT2D eigenvalue weighted by atomic mass is 32.1. The van der Waals surface area contributed by atoms with E-state index in [1.54, 1.807) is 40.5 Å². The Bertz CT molecular complexity index is 916. The topological polar surface area (TPSA) is 75.7 Å². The molecule has 1 unspecified atom stereocenters. The summed E-state index contributed by atoms with van der Waals surface area (Å²) in [6.07, 6.45) is 2.95. The molecule has 1 aliphatic rings. The molecule has 0 radical (unpaired) electrons. The van der Waals surface area contributed by atoms with Crippen molar-refractivity contribution < 1.29 is 19.1 Å². The van der Waals surface area contributed by atoms with Gasteiger partial charge in [0.25, 0.3) is 11.8 Å². The van der Waals surface area contributed by atoms with Crippen molar-refractivity contribution in [2.24, 2.45) is 5.92 Å². The molecule has 1 N–H and O–H groups in total. The van der Waals surface area contributed by atoms with Gasteiger partial charge in [-0.2, -0.15) is 0 Å². The smallest absolute Gasteiger partial charge is 0.339 e. The first-order valence-corrected chi connectivity index (χ1v) is 11.3. The maximum absolute atomic E-state index is 12.4. The van der Waals surface area contributed by atoms with Crippen LogP contribution in [0.4, 0.5) is 5.69 Å². The first-order valence-electron chi connectivity index (χ1n) is 10.4. The van der Waals surface area contributed by atoms with Crippen molar-refractivity contribution in [2.75, 3.05) is 25.0 Å². The number of carbonyl (C=O) groups is 3. The van der Waals surface area contributed by atoms with Crippen LogP contribution in [0.3, 0.4) is 0 Å². The summed E-state index contributed by atoms with van der Waals surface area (Å²) in [5.74, 6) is -0.263. The van der Waals surface area contributed by atoms with E-state index in [-0.39, 0.29) is 12.5 Å². The largest absolute Gasteiger partial charge is 0.452 e. The quantitative estimate of drug-likeness (QED) is 0.672. The molecule has 0 spiro atoms. The zero-order valence-electron chi connectivity index (χ0n) is 17.7. The van der Waals surface area contributed by atoms with E-state index in [0.717, 1.165) is 24.8 Å². The van der Waals surface area contributed by atoms with Crippen LogP contribution in [0, 0.1) is 5.92 Å². The van der Waals surface area contributed by atoms with Crippen molar-refractivity contribution in [1.82, 2.24) is 4.90 Å². The van der Waals surface area contributed by atoms with E-state index in [4.69, 9.17) is 4.74 Å². The molecule has 160 valence electrons. The highest BCUT2D eigenvalue weighted by Crippen LogP contribution is 2.33. The lowest BCUT2D eigenvalue weighted by Crippen LogP contribution is -2.30. The van der Waals surface area contributed by atoms with E-state index in [1.165, 1.54) is 4.88 Å². The molecule has 0 bridgehead atoms. The van der Waals surface area contributed by atoms with Gasteiger partial charge in [0.2, 0.25) is 0 Å². The van der Waals surface area contributed by atoms with Crippen LogP contribution in [0.5, 0.6) is 0 Å². The number of ether oxygens (including phenoxy) is 1. The Hall–Kier alpha value is -2.67. The van der Waals surface area contributed by atoms with E-state index >= 15 is 0 Å². The Morgan fingerprint density at radius 1 is 1.17 bits per heavy atom. The highest BCUT2D eigenvalue weighted by Gasteiger charge is 2.24. The Kier molecular flexibility index (Phi) is 7.26. The molecule has 1 heterocycles. The average Bonchev–Trinajstić information content (AvgIpc) is 3.16. The number of anilines is 1. The number of fused-ring (bicyclic) bond motifs is 1. The van der Waals surface area contributed by atoms with Crippen molar-refractivity contribution in [2.45, 2.75) is 40.0 Å². The molecule has 0 aliphatic heterocycles. The normalized spacial score (nSPS) is 15.2. The molecule has 1 aliphatic carbocycles. The van der Waals surface area contributed by atoms with Crippen molar-refractivity contribution in [1.29, 1.82) is 0 Å². The first-order chi connectivity index (χ1) is 14.4. The lowest BCUT2D eigenvalue weighted by Gasteiger charge is -2.18.